The van der Waals surface area contributed by atoms with Crippen LogP contribution < -0.4 is 11.4 Å². The zero-order valence-corrected chi connectivity index (χ0v) is 22.4. The minimum absolute atomic E-state index is 0.282. The maximum absolute atomic E-state index is 14.3. The molecule has 5 atom stereocenters. The van der Waals surface area contributed by atoms with E-state index < -0.39 is 60.1 Å². The highest BCUT2D eigenvalue weighted by Gasteiger charge is 2.60. The second kappa shape index (κ2) is 13.3. The van der Waals surface area contributed by atoms with Crippen molar-refractivity contribution in [2.45, 2.75) is 45.1 Å². The van der Waals surface area contributed by atoms with Gasteiger partial charge in [0.1, 0.15) is 11.9 Å². The van der Waals surface area contributed by atoms with Crippen LogP contribution in [0.25, 0.3) is 0 Å². The van der Waals surface area contributed by atoms with Gasteiger partial charge in [0.15, 0.2) is 6.10 Å². The average molecular weight is 607 g/mol. The van der Waals surface area contributed by atoms with E-state index in [9.17, 15) is 37.3 Å². The molecule has 17 nitrogen and oxygen atoms in total. The molecule has 1 aromatic heterocycles. The van der Waals surface area contributed by atoms with Gasteiger partial charge >= 0.3 is 35.1 Å². The van der Waals surface area contributed by atoms with Gasteiger partial charge < -0.3 is 40.1 Å². The van der Waals surface area contributed by atoms with Crippen molar-refractivity contribution >= 4 is 29.3 Å². The number of aromatic nitrogens is 2. The lowest BCUT2D eigenvalue weighted by molar-refractivity contribution is -0.140. The van der Waals surface area contributed by atoms with Crippen molar-refractivity contribution < 1.29 is 65.0 Å². The van der Waals surface area contributed by atoms with Gasteiger partial charge in [0.05, 0.1) is 6.61 Å². The Morgan fingerprint density at radius 2 is 1.65 bits per heavy atom. The number of hydrogen-bond donors (Lipinski definition) is 6. The van der Waals surface area contributed by atoms with Crippen molar-refractivity contribution in [3.8, 4) is 0 Å². The second-order valence-corrected chi connectivity index (χ2v) is 11.6. The van der Waals surface area contributed by atoms with Gasteiger partial charge in [-0.3, -0.25) is 9.09 Å². The van der Waals surface area contributed by atoms with Gasteiger partial charge in [0.25, 0.3) is 0 Å². The number of rotatable bonds is 11. The molecule has 0 aromatic carbocycles. The Morgan fingerprint density at radius 3 is 2.08 bits per heavy atom. The first-order chi connectivity index (χ1) is 16.8. The van der Waals surface area contributed by atoms with Crippen LogP contribution in [-0.4, -0.2) is 83.5 Å². The molecule has 0 bridgehead atoms. The Kier molecular flexibility index (Phi) is 12.1. The van der Waals surface area contributed by atoms with E-state index in [1.807, 2.05) is 0 Å². The summed E-state index contributed by atoms with van der Waals surface area (Å²) in [4.78, 5) is 52.5. The summed E-state index contributed by atoms with van der Waals surface area (Å²) >= 11 is 0. The standard InChI is InChI=1S/C9H14F2N3O13P3.C6H15N/c10-9(11)6(15)4(25-7(9)14-2-1-5(12)13-8(14)16)3-24-29(20,21)27-30(22,23)26-28(17,18)19;1-4-7(5-2)6-3/h1-2,4,6-7,15H,3H2,(H,20,21)(H,22,23)(H2,12,13,16)(H2,17,18,19);4-6H2,1-3H3/t4-,6-,7-;/m1./s1/i8+1,13+1,14+1;. The number of nitrogens with zero attached hydrogens (tertiary/aromatic N) is 3. The van der Waals surface area contributed by atoms with Crippen LogP contribution in [0.1, 0.15) is 27.0 Å². The molecule has 37 heavy (non-hydrogen) atoms. The lowest BCUT2D eigenvalue weighted by Gasteiger charge is -2.20. The van der Waals surface area contributed by atoms with Crippen LogP contribution in [0.2, 0.25) is 0 Å². The lowest BCUT2D eigenvalue weighted by atomic mass is 10.1. The van der Waals surface area contributed by atoms with Gasteiger partial charge in [-0.25, -0.2) is 18.5 Å². The molecule has 1 fully saturated rings. The van der Waals surface area contributed by atoms with Gasteiger partial charge in [-0.2, -0.15) is 22.4 Å². The first-order valence-corrected chi connectivity index (χ1v) is 14.9. The van der Waals surface area contributed by atoms with Crippen LogP contribution >= 0.6 is 23.5 Å². The summed E-state index contributed by atoms with van der Waals surface area (Å²) in [5, 5.41) is 9.72. The molecule has 22 heteroatoms. The van der Waals surface area contributed by atoms with Gasteiger partial charge in [0, 0.05) is 6.20 Å². The van der Waals surface area contributed by atoms with E-state index in [1.54, 1.807) is 0 Å². The molecular weight excluding hydrogens is 578 g/mol. The maximum atomic E-state index is 14.3. The van der Waals surface area contributed by atoms with Crippen molar-refractivity contribution in [2.75, 3.05) is 32.0 Å². The number of nitrogen functional groups attached to an aromatic ring is 1. The normalized spacial score (nSPS) is 24.7. The van der Waals surface area contributed by atoms with E-state index in [2.05, 4.69) is 43.8 Å². The third kappa shape index (κ3) is 10.5. The number of anilines is 1. The average Bonchev–Trinajstić information content (AvgIpc) is 2.95. The van der Waals surface area contributed by atoms with Crippen LogP contribution in [0.4, 0.5) is 14.6 Å². The number of nitrogens with two attached hydrogens (primary N) is 1. The molecule has 1 aliphatic heterocycles. The number of halogens is 2. The quantitative estimate of drug-likeness (QED) is 0.186. The fourth-order valence-electron chi connectivity index (χ4n) is 2.85. The molecule has 2 heterocycles. The Hall–Kier alpha value is -1.17. The van der Waals surface area contributed by atoms with Crippen molar-refractivity contribution in [2.24, 2.45) is 0 Å². The summed E-state index contributed by atoms with van der Waals surface area (Å²) in [5.74, 6) is -4.42. The molecule has 1 aromatic rings. The molecule has 2 rings (SSSR count). The summed E-state index contributed by atoms with van der Waals surface area (Å²) in [6, 6.07) is 0.979. The monoisotopic (exact) mass is 607 g/mol. The fraction of sp³-hybridized carbons (Fsp3) is 0.733. The molecular formula is C15H29F2N4O13P3. The van der Waals surface area contributed by atoms with Crippen LogP contribution in [-0.2, 0) is 31.6 Å². The second-order valence-electron chi connectivity index (χ2n) is 7.19. The highest BCUT2D eigenvalue weighted by Crippen LogP contribution is 2.66. The van der Waals surface area contributed by atoms with Crippen molar-refractivity contribution in [3.63, 3.8) is 0 Å². The van der Waals surface area contributed by atoms with Crippen LogP contribution in [0.15, 0.2) is 17.1 Å². The summed E-state index contributed by atoms with van der Waals surface area (Å²) in [7, 11) is -17.1. The van der Waals surface area contributed by atoms with E-state index in [-0.39, 0.29) is 10.4 Å². The summed E-state index contributed by atoms with van der Waals surface area (Å²) < 4.78 is 78.0. The Bertz CT molecular complexity index is 1090. The number of aliphatic hydroxyl groups is 1. The summed E-state index contributed by atoms with van der Waals surface area (Å²) in [6.07, 6.45) is -6.40. The van der Waals surface area contributed by atoms with Crippen molar-refractivity contribution in [1.82, 2.24) is 14.5 Å². The smallest absolute Gasteiger partial charge is 0.384 e. The first kappa shape index (κ1) is 33.9. The highest BCUT2D eigenvalue weighted by molar-refractivity contribution is 7.66. The number of phosphoric acid groups is 3. The van der Waals surface area contributed by atoms with Crippen LogP contribution in [0.5, 0.6) is 0 Å². The highest BCUT2D eigenvalue weighted by atomic mass is 31.3. The molecule has 0 radical (unpaired) electrons. The number of alkyl halides is 2. The molecule has 0 spiro atoms. The number of phosphoric ester groups is 1. The van der Waals surface area contributed by atoms with Crippen LogP contribution in [0, 0.1) is 0 Å². The molecule has 7 N–H and O–H groups in total. The largest absolute Gasteiger partial charge is 0.490 e. The molecule has 2 unspecified atom stereocenters. The summed E-state index contributed by atoms with van der Waals surface area (Å²) in [5.41, 5.74) is 3.97. The van der Waals surface area contributed by atoms with Gasteiger partial charge in [-0.05, 0) is 25.7 Å². The Balaban J connectivity index is 0.000000856. The third-order valence-corrected chi connectivity index (χ3v) is 8.45. The van der Waals surface area contributed by atoms with Crippen LogP contribution in [0.3, 0.4) is 0 Å². The first-order valence-electron chi connectivity index (χ1n) is 10.3. The minimum Gasteiger partial charge on any atom is -0.384 e. The molecule has 1 aliphatic rings. The SMILES string of the molecule is CCN(CC)CC.Nc1cc[15n]([C@@H]2O[C@H](COP(=O)(O)OP(=O)(O)OP(=O)(O)O)[C@@H](O)C2(F)F)[13c](=O)[15n]1. The molecule has 0 saturated carbocycles. The van der Waals surface area contributed by atoms with E-state index >= 15 is 0 Å². The molecule has 0 amide bonds. The van der Waals surface area contributed by atoms with Gasteiger partial charge in [-0.15, -0.1) is 0 Å². The predicted molar refractivity (Wildman–Crippen MR) is 121 cm³/mol. The lowest BCUT2D eigenvalue weighted by Crippen LogP contribution is -2.41. The molecule has 1 saturated heterocycles. The zero-order valence-electron chi connectivity index (χ0n) is 19.7. The van der Waals surface area contributed by atoms with Gasteiger partial charge in [-0.1, -0.05) is 20.8 Å². The topological polar surface area (TPSA) is 253 Å². The zero-order chi connectivity index (χ0) is 28.8. The Labute approximate surface area is 209 Å². The van der Waals surface area contributed by atoms with E-state index in [0.717, 1.165) is 12.3 Å². The van der Waals surface area contributed by atoms with E-state index in [1.165, 1.54) is 19.6 Å². The summed E-state index contributed by atoms with van der Waals surface area (Å²) in [6.45, 7) is 8.77. The number of ether oxygens (including phenoxy) is 1. The molecule has 216 valence electrons. The fourth-order valence-corrected chi connectivity index (χ4v) is 5.88. The molecule has 0 aliphatic carbocycles. The third-order valence-electron chi connectivity index (χ3n) is 4.64. The van der Waals surface area contributed by atoms with Crippen molar-refractivity contribution in [1.29, 1.82) is 0 Å². The van der Waals surface area contributed by atoms with Gasteiger partial charge in [0.2, 0.25) is 6.23 Å². The number of aliphatic hydroxyl groups excluding tert-OH is 1. The van der Waals surface area contributed by atoms with E-state index in [0.29, 0.717) is 0 Å². The number of hydrogen-bond acceptors (Lipinski definition) is 12. The predicted octanol–water partition coefficient (Wildman–Crippen LogP) is 0.410. The minimum atomic E-state index is -5.83. The Morgan fingerprint density at radius 1 is 1.11 bits per heavy atom. The maximum Gasteiger partial charge on any atom is 0.490 e. The van der Waals surface area contributed by atoms with Crippen molar-refractivity contribution in [3.05, 3.63) is 22.7 Å². The van der Waals surface area contributed by atoms with E-state index in [4.69, 9.17) is 25.2 Å².